The van der Waals surface area contributed by atoms with Crippen LogP contribution in [0.1, 0.15) is 42.5 Å². The van der Waals surface area contributed by atoms with Gasteiger partial charge in [-0.15, -0.1) is 0 Å². The Hall–Kier alpha value is -2.04. The molecule has 1 N–H and O–H groups in total. The Labute approximate surface area is 118 Å². The zero-order valence-corrected chi connectivity index (χ0v) is 11.5. The number of carbonyl (C=O) groups is 2. The number of hydrogen-bond donors (Lipinski definition) is 1. The Balaban J connectivity index is 1.94. The normalized spacial score (nSPS) is 15.7. The average Bonchev–Trinajstić information content (AvgIpc) is 2.48. The molecule has 1 aliphatic carbocycles. The van der Waals surface area contributed by atoms with E-state index in [9.17, 15) is 9.59 Å². The largest absolute Gasteiger partial charge is 0.478 e. The number of benzene rings is 1. The number of ether oxygens (including phenoxy) is 1. The minimum absolute atomic E-state index is 0.172. The fraction of sp³-hybridized carbons (Fsp3) is 0.467. The summed E-state index contributed by atoms with van der Waals surface area (Å²) in [5.74, 6) is -0.634. The summed E-state index contributed by atoms with van der Waals surface area (Å²) in [7, 11) is 1.75. The number of amides is 1. The second-order valence-corrected chi connectivity index (χ2v) is 5.10. The Kier molecular flexibility index (Phi) is 4.61. The van der Waals surface area contributed by atoms with Gasteiger partial charge in [-0.2, -0.15) is 0 Å². The van der Waals surface area contributed by atoms with E-state index in [1.54, 1.807) is 11.9 Å². The number of carboxylic acids is 1. The van der Waals surface area contributed by atoms with Gasteiger partial charge in [-0.3, -0.25) is 0 Å². The topological polar surface area (TPSA) is 66.8 Å². The van der Waals surface area contributed by atoms with Crippen molar-refractivity contribution in [2.24, 2.45) is 0 Å². The molecule has 5 heteroatoms. The first-order chi connectivity index (χ1) is 9.58. The van der Waals surface area contributed by atoms with E-state index in [0.29, 0.717) is 5.75 Å². The van der Waals surface area contributed by atoms with E-state index < -0.39 is 5.97 Å². The Bertz CT molecular complexity index is 477. The summed E-state index contributed by atoms with van der Waals surface area (Å²) >= 11 is 0. The summed E-state index contributed by atoms with van der Waals surface area (Å²) in [6, 6.07) is 6.08. The van der Waals surface area contributed by atoms with Crippen molar-refractivity contribution >= 4 is 12.1 Å². The molecule has 0 heterocycles. The molecule has 1 aliphatic rings. The van der Waals surface area contributed by atoms with E-state index in [1.165, 1.54) is 30.7 Å². The first-order valence-corrected chi connectivity index (χ1v) is 6.86. The first kappa shape index (κ1) is 14.4. The number of carboxylic acid groups (broad SMARTS) is 1. The molecule has 0 aliphatic heterocycles. The van der Waals surface area contributed by atoms with Crippen LogP contribution in [0, 0.1) is 0 Å². The van der Waals surface area contributed by atoms with Crippen molar-refractivity contribution in [2.75, 3.05) is 7.05 Å². The summed E-state index contributed by atoms with van der Waals surface area (Å²) in [6.45, 7) is 0. The van der Waals surface area contributed by atoms with Gasteiger partial charge in [0.05, 0.1) is 5.56 Å². The highest BCUT2D eigenvalue weighted by Gasteiger charge is 2.23. The zero-order valence-electron chi connectivity index (χ0n) is 11.5. The van der Waals surface area contributed by atoms with Crippen molar-refractivity contribution in [3.05, 3.63) is 29.8 Å². The van der Waals surface area contributed by atoms with Crippen molar-refractivity contribution in [3.63, 3.8) is 0 Å². The van der Waals surface area contributed by atoms with E-state index in [4.69, 9.17) is 9.84 Å². The Morgan fingerprint density at radius 3 is 2.30 bits per heavy atom. The zero-order chi connectivity index (χ0) is 14.5. The van der Waals surface area contributed by atoms with Gasteiger partial charge in [0.25, 0.3) is 0 Å². The number of rotatable bonds is 3. The maximum atomic E-state index is 12.0. The van der Waals surface area contributed by atoms with Crippen molar-refractivity contribution in [1.82, 2.24) is 4.90 Å². The molecule has 0 saturated heterocycles. The molecule has 1 aromatic rings. The van der Waals surface area contributed by atoms with Crippen molar-refractivity contribution in [1.29, 1.82) is 0 Å². The minimum Gasteiger partial charge on any atom is -0.478 e. The van der Waals surface area contributed by atoms with Crippen LogP contribution in [0.4, 0.5) is 4.79 Å². The van der Waals surface area contributed by atoms with E-state index >= 15 is 0 Å². The lowest BCUT2D eigenvalue weighted by molar-refractivity contribution is 0.0697. The fourth-order valence-corrected chi connectivity index (χ4v) is 2.46. The smallest absolute Gasteiger partial charge is 0.415 e. The third kappa shape index (κ3) is 3.50. The van der Waals surface area contributed by atoms with E-state index in [1.807, 2.05) is 0 Å². The molecule has 1 fully saturated rings. The molecule has 0 aromatic heterocycles. The first-order valence-electron chi connectivity index (χ1n) is 6.86. The van der Waals surface area contributed by atoms with Crippen molar-refractivity contribution in [2.45, 2.75) is 38.1 Å². The lowest BCUT2D eigenvalue weighted by atomic mass is 9.95. The highest BCUT2D eigenvalue weighted by Crippen LogP contribution is 2.22. The molecule has 108 valence electrons. The molecule has 1 amide bonds. The van der Waals surface area contributed by atoms with Gasteiger partial charge in [0.1, 0.15) is 5.75 Å². The monoisotopic (exact) mass is 277 g/mol. The number of aromatic carboxylic acids is 1. The Morgan fingerprint density at radius 1 is 1.15 bits per heavy atom. The molecule has 20 heavy (non-hydrogen) atoms. The van der Waals surface area contributed by atoms with Crippen LogP contribution < -0.4 is 4.74 Å². The van der Waals surface area contributed by atoms with Crippen LogP contribution in [0.3, 0.4) is 0 Å². The molecular formula is C15H19NO4. The van der Waals surface area contributed by atoms with Crippen LogP contribution in [0.2, 0.25) is 0 Å². The van der Waals surface area contributed by atoms with Gasteiger partial charge in [-0.1, -0.05) is 19.3 Å². The Morgan fingerprint density at radius 2 is 1.75 bits per heavy atom. The molecule has 0 bridgehead atoms. The lowest BCUT2D eigenvalue weighted by Gasteiger charge is -2.30. The van der Waals surface area contributed by atoms with Gasteiger partial charge >= 0.3 is 12.1 Å². The van der Waals surface area contributed by atoms with Gasteiger partial charge in [0, 0.05) is 13.1 Å². The predicted molar refractivity (Wildman–Crippen MR) is 74.1 cm³/mol. The molecule has 2 rings (SSSR count). The SMILES string of the molecule is CN(C(=O)Oc1ccc(C(=O)O)cc1)C1CCCCC1. The van der Waals surface area contributed by atoms with Crippen molar-refractivity contribution < 1.29 is 19.4 Å². The standard InChI is InChI=1S/C15H19NO4/c1-16(12-5-3-2-4-6-12)15(19)20-13-9-7-11(8-10-13)14(17)18/h7-10,12H,2-6H2,1H3,(H,17,18). The lowest BCUT2D eigenvalue weighted by Crippen LogP contribution is -2.39. The molecule has 0 radical (unpaired) electrons. The molecule has 0 atom stereocenters. The molecule has 5 nitrogen and oxygen atoms in total. The van der Waals surface area contributed by atoms with Crippen LogP contribution in [-0.4, -0.2) is 35.2 Å². The van der Waals surface area contributed by atoms with Crippen LogP contribution in [-0.2, 0) is 0 Å². The maximum absolute atomic E-state index is 12.0. The summed E-state index contributed by atoms with van der Waals surface area (Å²) in [4.78, 5) is 24.4. The predicted octanol–water partition coefficient (Wildman–Crippen LogP) is 3.15. The second-order valence-electron chi connectivity index (χ2n) is 5.10. The van der Waals surface area contributed by atoms with E-state index in [2.05, 4.69) is 0 Å². The average molecular weight is 277 g/mol. The van der Waals surface area contributed by atoms with Crippen LogP contribution >= 0.6 is 0 Å². The van der Waals surface area contributed by atoms with E-state index in [-0.39, 0.29) is 17.7 Å². The fourth-order valence-electron chi connectivity index (χ4n) is 2.46. The van der Waals surface area contributed by atoms with Gasteiger partial charge in [-0.05, 0) is 37.1 Å². The number of nitrogens with zero attached hydrogens (tertiary/aromatic N) is 1. The second kappa shape index (κ2) is 6.41. The van der Waals surface area contributed by atoms with Gasteiger partial charge in [0.15, 0.2) is 0 Å². The third-order valence-corrected chi connectivity index (χ3v) is 3.72. The van der Waals surface area contributed by atoms with Crippen LogP contribution in [0.15, 0.2) is 24.3 Å². The number of carbonyl (C=O) groups excluding carboxylic acids is 1. The van der Waals surface area contributed by atoms with Gasteiger partial charge in [-0.25, -0.2) is 9.59 Å². The van der Waals surface area contributed by atoms with Gasteiger partial charge in [0.2, 0.25) is 0 Å². The summed E-state index contributed by atoms with van der Waals surface area (Å²) in [6.07, 6.45) is 5.17. The van der Waals surface area contributed by atoms with Crippen LogP contribution in [0.25, 0.3) is 0 Å². The highest BCUT2D eigenvalue weighted by atomic mass is 16.6. The molecule has 0 spiro atoms. The minimum atomic E-state index is -0.998. The molecular weight excluding hydrogens is 258 g/mol. The summed E-state index contributed by atoms with van der Waals surface area (Å²) in [5, 5.41) is 8.80. The quantitative estimate of drug-likeness (QED) is 0.921. The number of hydrogen-bond acceptors (Lipinski definition) is 3. The molecule has 0 unspecified atom stereocenters. The molecule has 1 saturated carbocycles. The highest BCUT2D eigenvalue weighted by molar-refractivity contribution is 5.87. The third-order valence-electron chi connectivity index (χ3n) is 3.72. The molecule has 1 aromatic carbocycles. The van der Waals surface area contributed by atoms with Crippen molar-refractivity contribution in [3.8, 4) is 5.75 Å². The van der Waals surface area contributed by atoms with E-state index in [0.717, 1.165) is 25.7 Å². The summed E-state index contributed by atoms with van der Waals surface area (Å²) in [5.41, 5.74) is 0.172. The van der Waals surface area contributed by atoms with Crippen LogP contribution in [0.5, 0.6) is 5.75 Å². The maximum Gasteiger partial charge on any atom is 0.415 e. The van der Waals surface area contributed by atoms with Gasteiger partial charge < -0.3 is 14.7 Å². The summed E-state index contributed by atoms with van der Waals surface area (Å²) < 4.78 is 5.26.